The number of benzene rings is 2. The first-order valence-electron chi connectivity index (χ1n) is 7.25. The molecule has 132 valence electrons. The predicted octanol–water partition coefficient (Wildman–Crippen LogP) is 4.03. The lowest BCUT2D eigenvalue weighted by atomic mass is 10.2. The summed E-state index contributed by atoms with van der Waals surface area (Å²) in [4.78, 5) is 12.0. The predicted molar refractivity (Wildman–Crippen MR) is 86.0 cm³/mol. The summed E-state index contributed by atoms with van der Waals surface area (Å²) >= 11 is 0. The van der Waals surface area contributed by atoms with Crippen LogP contribution in [-0.2, 0) is 0 Å². The first kappa shape index (κ1) is 17.3. The second kappa shape index (κ2) is 7.18. The minimum absolute atomic E-state index is 0.182. The van der Waals surface area contributed by atoms with Gasteiger partial charge in [-0.2, -0.15) is 0 Å². The molecule has 0 bridgehead atoms. The van der Waals surface area contributed by atoms with Gasteiger partial charge in [-0.3, -0.25) is 4.79 Å². The number of aromatic nitrogens is 2. The molecule has 0 aliphatic heterocycles. The van der Waals surface area contributed by atoms with Crippen LogP contribution in [0.5, 0.6) is 0 Å². The van der Waals surface area contributed by atoms with Crippen LogP contribution in [0.4, 0.5) is 34.8 Å². The van der Waals surface area contributed by atoms with Gasteiger partial charge in [0, 0.05) is 5.69 Å². The minimum atomic E-state index is -1.69. The van der Waals surface area contributed by atoms with E-state index >= 15 is 0 Å². The Bertz CT molecular complexity index is 963. The summed E-state index contributed by atoms with van der Waals surface area (Å²) in [6.07, 6.45) is 0. The fourth-order valence-electron chi connectivity index (χ4n) is 2.04. The Labute approximate surface area is 144 Å². The first-order chi connectivity index (χ1) is 12.4. The Morgan fingerprint density at radius 1 is 0.885 bits per heavy atom. The average Bonchev–Trinajstić information content (AvgIpc) is 2.63. The number of rotatable bonds is 4. The van der Waals surface area contributed by atoms with Gasteiger partial charge in [0.2, 0.25) is 0 Å². The molecule has 1 aromatic heterocycles. The van der Waals surface area contributed by atoms with E-state index in [0.29, 0.717) is 11.8 Å². The van der Waals surface area contributed by atoms with E-state index in [1.807, 2.05) is 0 Å². The van der Waals surface area contributed by atoms with Crippen molar-refractivity contribution in [3.63, 3.8) is 0 Å². The van der Waals surface area contributed by atoms with Crippen LogP contribution in [0.2, 0.25) is 0 Å². The first-order valence-corrected chi connectivity index (χ1v) is 7.25. The second-order valence-electron chi connectivity index (χ2n) is 5.12. The highest BCUT2D eigenvalue weighted by Crippen LogP contribution is 2.20. The molecule has 9 heteroatoms. The van der Waals surface area contributed by atoms with Gasteiger partial charge in [0.05, 0.1) is 5.69 Å². The third-order valence-corrected chi connectivity index (χ3v) is 3.28. The number of hydrogen-bond acceptors (Lipinski definition) is 4. The van der Waals surface area contributed by atoms with E-state index in [0.717, 1.165) is 6.07 Å². The lowest BCUT2D eigenvalue weighted by Gasteiger charge is -2.08. The highest BCUT2D eigenvalue weighted by Gasteiger charge is 2.17. The number of carbonyl (C=O) groups is 1. The molecule has 26 heavy (non-hydrogen) atoms. The zero-order chi connectivity index (χ0) is 18.7. The largest absolute Gasteiger partial charge is 0.339 e. The summed E-state index contributed by atoms with van der Waals surface area (Å²) < 4.78 is 52.8. The number of carbonyl (C=O) groups excluding carboxylic acids is 1. The second-order valence-corrected chi connectivity index (χ2v) is 5.12. The van der Waals surface area contributed by atoms with Gasteiger partial charge in [0.1, 0.15) is 5.82 Å². The molecule has 5 nitrogen and oxygen atoms in total. The smallest absolute Gasteiger partial charge is 0.276 e. The number of amides is 1. The molecule has 0 saturated carbocycles. The summed E-state index contributed by atoms with van der Waals surface area (Å²) in [5.41, 5.74) is -0.281. The summed E-state index contributed by atoms with van der Waals surface area (Å²) in [6.45, 7) is 0. The highest BCUT2D eigenvalue weighted by molar-refractivity contribution is 6.02. The molecule has 0 radical (unpaired) electrons. The quantitative estimate of drug-likeness (QED) is 0.543. The third-order valence-electron chi connectivity index (χ3n) is 3.28. The van der Waals surface area contributed by atoms with Gasteiger partial charge in [-0.25, -0.2) is 17.6 Å². The van der Waals surface area contributed by atoms with E-state index in [1.165, 1.54) is 30.3 Å². The van der Waals surface area contributed by atoms with E-state index in [4.69, 9.17) is 0 Å². The van der Waals surface area contributed by atoms with Crippen molar-refractivity contribution in [1.29, 1.82) is 0 Å². The maximum atomic E-state index is 13.6. The molecular formula is C17H10F4N4O. The zero-order valence-corrected chi connectivity index (χ0v) is 12.9. The van der Waals surface area contributed by atoms with Crippen LogP contribution in [0, 0.1) is 23.3 Å². The van der Waals surface area contributed by atoms with Crippen molar-refractivity contribution in [1.82, 2.24) is 10.2 Å². The van der Waals surface area contributed by atoms with Gasteiger partial charge in [-0.05, 0) is 42.5 Å². The molecule has 0 atom stereocenters. The van der Waals surface area contributed by atoms with Crippen molar-refractivity contribution in [3.8, 4) is 0 Å². The van der Waals surface area contributed by atoms with E-state index in [-0.39, 0.29) is 11.5 Å². The molecule has 2 N–H and O–H groups in total. The fraction of sp³-hybridized carbons (Fsp3) is 0. The standard InChI is InChI=1S/C17H10F4N4O/c18-9-2-1-3-10(8-9)22-14-7-6-13(24-25-14)17(26)23-12-5-4-11(19)15(20)16(12)21/h1-8H,(H,22,25)(H,23,26). The maximum Gasteiger partial charge on any atom is 0.276 e. The van der Waals surface area contributed by atoms with E-state index in [2.05, 4.69) is 20.8 Å². The summed E-state index contributed by atoms with van der Waals surface area (Å²) in [7, 11) is 0. The Kier molecular flexibility index (Phi) is 4.78. The molecular weight excluding hydrogens is 352 g/mol. The normalized spacial score (nSPS) is 10.5. The van der Waals surface area contributed by atoms with Crippen LogP contribution >= 0.6 is 0 Å². The van der Waals surface area contributed by atoms with Crippen molar-refractivity contribution >= 4 is 23.1 Å². The monoisotopic (exact) mass is 362 g/mol. The molecule has 0 fully saturated rings. The van der Waals surface area contributed by atoms with E-state index in [9.17, 15) is 22.4 Å². The average molecular weight is 362 g/mol. The van der Waals surface area contributed by atoms with Gasteiger partial charge >= 0.3 is 0 Å². The molecule has 0 unspecified atom stereocenters. The Morgan fingerprint density at radius 3 is 2.38 bits per heavy atom. The van der Waals surface area contributed by atoms with Crippen LogP contribution in [0.15, 0.2) is 48.5 Å². The van der Waals surface area contributed by atoms with Gasteiger partial charge in [-0.15, -0.1) is 10.2 Å². The molecule has 0 aliphatic carbocycles. The maximum absolute atomic E-state index is 13.6. The number of hydrogen-bond donors (Lipinski definition) is 2. The molecule has 0 saturated heterocycles. The molecule has 1 heterocycles. The van der Waals surface area contributed by atoms with Gasteiger partial charge in [0.25, 0.3) is 5.91 Å². The lowest BCUT2D eigenvalue weighted by molar-refractivity contribution is 0.102. The molecule has 3 rings (SSSR count). The van der Waals surface area contributed by atoms with Crippen molar-refractivity contribution in [3.05, 3.63) is 77.5 Å². The van der Waals surface area contributed by atoms with Crippen molar-refractivity contribution in [2.75, 3.05) is 10.6 Å². The fourth-order valence-corrected chi connectivity index (χ4v) is 2.04. The van der Waals surface area contributed by atoms with E-state index in [1.54, 1.807) is 6.07 Å². The molecule has 0 aliphatic rings. The molecule has 1 amide bonds. The van der Waals surface area contributed by atoms with Crippen LogP contribution in [-0.4, -0.2) is 16.1 Å². The van der Waals surface area contributed by atoms with Gasteiger partial charge in [0.15, 0.2) is 29.0 Å². The highest BCUT2D eigenvalue weighted by atomic mass is 19.2. The SMILES string of the molecule is O=C(Nc1ccc(F)c(F)c1F)c1ccc(Nc2cccc(F)c2)nn1. The van der Waals surface area contributed by atoms with Gasteiger partial charge in [-0.1, -0.05) is 6.07 Å². The van der Waals surface area contributed by atoms with Crippen LogP contribution in [0.3, 0.4) is 0 Å². The van der Waals surface area contributed by atoms with Crippen LogP contribution in [0.1, 0.15) is 10.5 Å². The molecule has 2 aromatic carbocycles. The van der Waals surface area contributed by atoms with Gasteiger partial charge < -0.3 is 10.6 Å². The summed E-state index contributed by atoms with van der Waals surface area (Å²) in [6, 6.07) is 9.89. The number of nitrogens with zero attached hydrogens (tertiary/aromatic N) is 2. The van der Waals surface area contributed by atoms with Crippen molar-refractivity contribution in [2.24, 2.45) is 0 Å². The van der Waals surface area contributed by atoms with Crippen molar-refractivity contribution in [2.45, 2.75) is 0 Å². The zero-order valence-electron chi connectivity index (χ0n) is 12.9. The van der Waals surface area contributed by atoms with Crippen LogP contribution in [0.25, 0.3) is 0 Å². The summed E-state index contributed by atoms with van der Waals surface area (Å²) in [5.74, 6) is -5.63. The molecule has 3 aromatic rings. The van der Waals surface area contributed by atoms with Crippen molar-refractivity contribution < 1.29 is 22.4 Å². The van der Waals surface area contributed by atoms with Crippen LogP contribution < -0.4 is 10.6 Å². The molecule has 0 spiro atoms. The Balaban J connectivity index is 1.72. The third kappa shape index (κ3) is 3.77. The number of nitrogens with one attached hydrogen (secondary N) is 2. The summed E-state index contributed by atoms with van der Waals surface area (Å²) in [5, 5.41) is 12.3. The topological polar surface area (TPSA) is 66.9 Å². The Morgan fingerprint density at radius 2 is 1.69 bits per heavy atom. The Hall–Kier alpha value is -3.49. The van der Waals surface area contributed by atoms with E-state index < -0.39 is 34.9 Å². The lowest BCUT2D eigenvalue weighted by Crippen LogP contribution is -2.16. The number of halogens is 4. The minimum Gasteiger partial charge on any atom is -0.339 e. The number of anilines is 3.